The predicted octanol–water partition coefficient (Wildman–Crippen LogP) is 4.25. The van der Waals surface area contributed by atoms with E-state index in [-0.39, 0.29) is 17.5 Å². The van der Waals surface area contributed by atoms with Crippen LogP contribution in [0, 0.1) is 17.0 Å². The first-order valence-corrected chi connectivity index (χ1v) is 6.43. The van der Waals surface area contributed by atoms with Crippen LogP contribution in [0.5, 0.6) is 0 Å². The van der Waals surface area contributed by atoms with Crippen molar-refractivity contribution in [1.29, 1.82) is 0 Å². The predicted molar refractivity (Wildman–Crippen MR) is 69.8 cm³/mol. The molecular weight excluding hydrogens is 288 g/mol. The fourth-order valence-corrected chi connectivity index (χ4v) is 1.78. The number of benzene rings is 1. The van der Waals surface area contributed by atoms with E-state index in [0.29, 0.717) is 4.47 Å². The van der Waals surface area contributed by atoms with E-state index in [0.717, 1.165) is 13.0 Å². The van der Waals surface area contributed by atoms with Crippen LogP contribution >= 0.6 is 15.9 Å². The van der Waals surface area contributed by atoms with Gasteiger partial charge in [0.1, 0.15) is 11.6 Å². The van der Waals surface area contributed by atoms with Crippen molar-refractivity contribution in [2.24, 2.45) is 5.41 Å². The number of nitrogens with one attached hydrogen (secondary N) is 1. The van der Waals surface area contributed by atoms with Gasteiger partial charge in [-0.1, -0.05) is 20.8 Å². The summed E-state index contributed by atoms with van der Waals surface area (Å²) in [6.07, 6.45) is 0.963. The molecule has 4 heteroatoms. The zero-order valence-corrected chi connectivity index (χ0v) is 12.0. The van der Waals surface area contributed by atoms with Gasteiger partial charge in [-0.25, -0.2) is 8.78 Å². The Hall–Kier alpha value is -0.480. The highest BCUT2D eigenvalue weighted by Crippen LogP contribution is 2.22. The first kappa shape index (κ1) is 14.6. The van der Waals surface area contributed by atoms with Crippen molar-refractivity contribution in [2.45, 2.75) is 33.7 Å². The minimum Gasteiger partial charge on any atom is -0.312 e. The molecule has 0 unspecified atom stereocenters. The van der Waals surface area contributed by atoms with Crippen LogP contribution in [0.3, 0.4) is 0 Å². The lowest BCUT2D eigenvalue weighted by atomic mass is 9.92. The molecule has 17 heavy (non-hydrogen) atoms. The summed E-state index contributed by atoms with van der Waals surface area (Å²) in [5, 5.41) is 3.07. The van der Waals surface area contributed by atoms with Gasteiger partial charge in [-0.15, -0.1) is 0 Å². The van der Waals surface area contributed by atoms with Crippen molar-refractivity contribution in [3.63, 3.8) is 0 Å². The number of rotatable bonds is 4. The molecule has 0 aromatic heterocycles. The maximum Gasteiger partial charge on any atom is 0.144 e. The van der Waals surface area contributed by atoms with Gasteiger partial charge in [-0.2, -0.15) is 0 Å². The van der Waals surface area contributed by atoms with Crippen LogP contribution in [0.1, 0.15) is 32.8 Å². The van der Waals surface area contributed by atoms with Gasteiger partial charge in [-0.05, 0) is 46.4 Å². The lowest BCUT2D eigenvalue weighted by Crippen LogP contribution is -2.21. The zero-order valence-electron chi connectivity index (χ0n) is 10.4. The van der Waals surface area contributed by atoms with E-state index < -0.39 is 11.6 Å². The Morgan fingerprint density at radius 1 is 1.24 bits per heavy atom. The number of halogens is 3. The summed E-state index contributed by atoms with van der Waals surface area (Å²) in [5.74, 6) is -1.03. The van der Waals surface area contributed by atoms with Gasteiger partial charge in [0.25, 0.3) is 0 Å². The second-order valence-corrected chi connectivity index (χ2v) is 6.16. The Bertz CT molecular complexity index is 386. The minimum atomic E-state index is -0.520. The molecule has 1 rings (SSSR count). The van der Waals surface area contributed by atoms with Gasteiger partial charge >= 0.3 is 0 Å². The molecule has 0 spiro atoms. The molecular formula is C13H18BrF2N. The van der Waals surface area contributed by atoms with Gasteiger partial charge in [0.15, 0.2) is 0 Å². The number of hydrogen-bond donors (Lipinski definition) is 1. The summed E-state index contributed by atoms with van der Waals surface area (Å²) in [6.45, 7) is 7.36. The number of hydrogen-bond acceptors (Lipinski definition) is 1. The quantitative estimate of drug-likeness (QED) is 0.647. The van der Waals surface area contributed by atoms with Crippen LogP contribution in [0.4, 0.5) is 8.78 Å². The van der Waals surface area contributed by atoms with Crippen molar-refractivity contribution < 1.29 is 8.78 Å². The summed E-state index contributed by atoms with van der Waals surface area (Å²) in [5.41, 5.74) is 0.315. The summed E-state index contributed by atoms with van der Waals surface area (Å²) in [7, 11) is 0. The molecule has 0 fully saturated rings. The fraction of sp³-hybridized carbons (Fsp3) is 0.538. The average molecular weight is 306 g/mol. The summed E-state index contributed by atoms with van der Waals surface area (Å²) in [6, 6.07) is 2.65. The standard InChI is InChI=1S/C13H18BrF2N/c1-13(2,3)6-7-17-8-9-11(15)5-4-10(14)12(9)16/h4-5,17H,6-8H2,1-3H3. The molecule has 0 saturated carbocycles. The summed E-state index contributed by atoms with van der Waals surface area (Å²) < 4.78 is 27.3. The van der Waals surface area contributed by atoms with Crippen LogP contribution in [0.2, 0.25) is 0 Å². The first-order chi connectivity index (χ1) is 7.81. The third kappa shape index (κ3) is 4.72. The maximum atomic E-state index is 13.6. The second-order valence-electron chi connectivity index (χ2n) is 5.31. The molecule has 0 aliphatic rings. The highest BCUT2D eigenvalue weighted by molar-refractivity contribution is 9.10. The van der Waals surface area contributed by atoms with Gasteiger partial charge in [-0.3, -0.25) is 0 Å². The van der Waals surface area contributed by atoms with E-state index in [1.807, 2.05) is 0 Å². The van der Waals surface area contributed by atoms with E-state index in [4.69, 9.17) is 0 Å². The van der Waals surface area contributed by atoms with Crippen LogP contribution < -0.4 is 5.32 Å². The topological polar surface area (TPSA) is 12.0 Å². The Balaban J connectivity index is 2.55. The highest BCUT2D eigenvalue weighted by Gasteiger charge is 2.13. The van der Waals surface area contributed by atoms with Crippen molar-refractivity contribution in [2.75, 3.05) is 6.54 Å². The SMILES string of the molecule is CC(C)(C)CCNCc1c(F)ccc(Br)c1F. The molecule has 0 amide bonds. The van der Waals surface area contributed by atoms with E-state index in [1.54, 1.807) is 0 Å². The molecule has 0 atom stereocenters. The lowest BCUT2D eigenvalue weighted by Gasteiger charge is -2.18. The summed E-state index contributed by atoms with van der Waals surface area (Å²) >= 11 is 3.05. The Morgan fingerprint density at radius 3 is 2.47 bits per heavy atom. The minimum absolute atomic E-state index is 0.0910. The average Bonchev–Trinajstić information content (AvgIpc) is 2.21. The van der Waals surface area contributed by atoms with Gasteiger partial charge in [0, 0.05) is 12.1 Å². The fourth-order valence-electron chi connectivity index (χ4n) is 1.41. The van der Waals surface area contributed by atoms with Crippen molar-refractivity contribution in [3.05, 3.63) is 33.8 Å². The smallest absolute Gasteiger partial charge is 0.144 e. The van der Waals surface area contributed by atoms with E-state index in [1.165, 1.54) is 12.1 Å². The van der Waals surface area contributed by atoms with E-state index >= 15 is 0 Å². The first-order valence-electron chi connectivity index (χ1n) is 5.64. The zero-order chi connectivity index (χ0) is 13.1. The Morgan fingerprint density at radius 2 is 1.88 bits per heavy atom. The van der Waals surface area contributed by atoms with Crippen LogP contribution in [-0.2, 0) is 6.54 Å². The second kappa shape index (κ2) is 5.91. The molecule has 0 bridgehead atoms. The molecule has 0 heterocycles. The van der Waals surface area contributed by atoms with Crippen molar-refractivity contribution >= 4 is 15.9 Å². The molecule has 0 saturated heterocycles. The molecule has 0 aliphatic carbocycles. The van der Waals surface area contributed by atoms with Gasteiger partial charge in [0.05, 0.1) is 4.47 Å². The van der Waals surface area contributed by atoms with Crippen molar-refractivity contribution in [3.8, 4) is 0 Å². The molecule has 1 aromatic carbocycles. The maximum absolute atomic E-state index is 13.6. The molecule has 1 aromatic rings. The van der Waals surface area contributed by atoms with Crippen LogP contribution in [0.25, 0.3) is 0 Å². The van der Waals surface area contributed by atoms with E-state index in [2.05, 4.69) is 42.0 Å². The molecule has 1 N–H and O–H groups in total. The monoisotopic (exact) mass is 305 g/mol. The van der Waals surface area contributed by atoms with Gasteiger partial charge < -0.3 is 5.32 Å². The largest absolute Gasteiger partial charge is 0.312 e. The van der Waals surface area contributed by atoms with Crippen molar-refractivity contribution in [1.82, 2.24) is 5.32 Å². The normalized spacial score (nSPS) is 11.9. The third-order valence-corrected chi connectivity index (χ3v) is 3.10. The lowest BCUT2D eigenvalue weighted by molar-refractivity contribution is 0.365. The van der Waals surface area contributed by atoms with Crippen LogP contribution in [-0.4, -0.2) is 6.54 Å². The Kier molecular flexibility index (Phi) is 5.07. The molecule has 0 aliphatic heterocycles. The molecule has 96 valence electrons. The molecule has 1 nitrogen and oxygen atoms in total. The Labute approximate surface area is 110 Å². The summed E-state index contributed by atoms with van der Waals surface area (Å²) in [4.78, 5) is 0. The third-order valence-electron chi connectivity index (χ3n) is 2.49. The molecule has 0 radical (unpaired) electrons. The van der Waals surface area contributed by atoms with E-state index in [9.17, 15) is 8.78 Å². The van der Waals surface area contributed by atoms with Gasteiger partial charge in [0.2, 0.25) is 0 Å². The van der Waals surface area contributed by atoms with Crippen LogP contribution in [0.15, 0.2) is 16.6 Å². The highest BCUT2D eigenvalue weighted by atomic mass is 79.9.